The molecule has 1 saturated carbocycles. The van der Waals surface area contributed by atoms with Crippen molar-refractivity contribution in [2.45, 2.75) is 31.2 Å². The van der Waals surface area contributed by atoms with Crippen LogP contribution in [-0.2, 0) is 9.53 Å². The van der Waals surface area contributed by atoms with Gasteiger partial charge in [0.25, 0.3) is 5.91 Å². The smallest absolute Gasteiger partial charge is 0.329 e. The van der Waals surface area contributed by atoms with Crippen LogP contribution < -0.4 is 10.1 Å². The van der Waals surface area contributed by atoms with Crippen LogP contribution in [0.3, 0.4) is 0 Å². The van der Waals surface area contributed by atoms with Gasteiger partial charge in [0, 0.05) is 24.9 Å². The van der Waals surface area contributed by atoms with Crippen LogP contribution in [0.25, 0.3) is 0 Å². The number of nitrogens with zero attached hydrogens (tertiary/aromatic N) is 1. The van der Waals surface area contributed by atoms with Gasteiger partial charge in [-0.15, -0.1) is 0 Å². The van der Waals surface area contributed by atoms with Gasteiger partial charge >= 0.3 is 5.97 Å². The number of carboxylic acid groups (broad SMARTS) is 1. The summed E-state index contributed by atoms with van der Waals surface area (Å²) in [5.41, 5.74) is -0.827. The Hall–Kier alpha value is -2.15. The quantitative estimate of drug-likeness (QED) is 0.735. The molecule has 0 unspecified atom stereocenters. The van der Waals surface area contributed by atoms with Gasteiger partial charge in [-0.2, -0.15) is 0 Å². The zero-order valence-corrected chi connectivity index (χ0v) is 12.5. The van der Waals surface area contributed by atoms with Gasteiger partial charge in [-0.25, -0.2) is 9.78 Å². The highest BCUT2D eigenvalue weighted by Gasteiger charge is 2.42. The summed E-state index contributed by atoms with van der Waals surface area (Å²) in [6.07, 6.45) is 3.97. The molecular formula is C15H20N2O5. The summed E-state index contributed by atoms with van der Waals surface area (Å²) in [5, 5.41) is 12.0. The average molecular weight is 308 g/mol. The summed E-state index contributed by atoms with van der Waals surface area (Å²) in [6.45, 7) is 0.744. The average Bonchev–Trinajstić information content (AvgIpc) is 2.98. The number of amides is 1. The Morgan fingerprint density at radius 2 is 2.09 bits per heavy atom. The molecule has 1 amide bonds. The molecule has 0 radical (unpaired) electrons. The summed E-state index contributed by atoms with van der Waals surface area (Å²) in [7, 11) is 1.56. The maximum absolute atomic E-state index is 12.3. The van der Waals surface area contributed by atoms with Crippen LogP contribution in [0.2, 0.25) is 0 Å². The SMILES string of the molecule is COCCOc1cc(C(=O)NC2(C(=O)O)CCCC2)ccn1. The summed E-state index contributed by atoms with van der Waals surface area (Å²) < 4.78 is 10.2. The number of ether oxygens (including phenoxy) is 2. The van der Waals surface area contributed by atoms with E-state index in [2.05, 4.69) is 10.3 Å². The number of hydrogen-bond donors (Lipinski definition) is 2. The van der Waals surface area contributed by atoms with E-state index in [1.165, 1.54) is 18.3 Å². The number of carbonyl (C=O) groups excluding carboxylic acids is 1. The molecule has 7 heteroatoms. The second-order valence-electron chi connectivity index (χ2n) is 5.27. The normalized spacial score (nSPS) is 16.2. The van der Waals surface area contributed by atoms with E-state index in [9.17, 15) is 14.7 Å². The molecule has 0 bridgehead atoms. The third-order valence-corrected chi connectivity index (χ3v) is 3.75. The Morgan fingerprint density at radius 3 is 2.73 bits per heavy atom. The summed E-state index contributed by atoms with van der Waals surface area (Å²) in [5.74, 6) is -1.10. The number of aliphatic carboxylic acids is 1. The van der Waals surface area contributed by atoms with Crippen LogP contribution in [0, 0.1) is 0 Å². The van der Waals surface area contributed by atoms with E-state index in [0.29, 0.717) is 37.5 Å². The first-order chi connectivity index (χ1) is 10.6. The minimum absolute atomic E-state index is 0.306. The fourth-order valence-electron chi connectivity index (χ4n) is 2.52. The fourth-order valence-corrected chi connectivity index (χ4v) is 2.52. The monoisotopic (exact) mass is 308 g/mol. The van der Waals surface area contributed by atoms with Crippen molar-refractivity contribution in [3.63, 3.8) is 0 Å². The molecule has 1 heterocycles. The lowest BCUT2D eigenvalue weighted by molar-refractivity contribution is -0.144. The molecule has 1 aliphatic carbocycles. The second kappa shape index (κ2) is 7.22. The van der Waals surface area contributed by atoms with E-state index in [-0.39, 0.29) is 0 Å². The van der Waals surface area contributed by atoms with E-state index < -0.39 is 17.4 Å². The van der Waals surface area contributed by atoms with Gasteiger partial charge in [-0.3, -0.25) is 4.79 Å². The van der Waals surface area contributed by atoms with E-state index >= 15 is 0 Å². The first kappa shape index (κ1) is 16.2. The molecule has 22 heavy (non-hydrogen) atoms. The highest BCUT2D eigenvalue weighted by Crippen LogP contribution is 2.30. The van der Waals surface area contributed by atoms with Gasteiger partial charge in [0.05, 0.1) is 6.61 Å². The second-order valence-corrected chi connectivity index (χ2v) is 5.27. The summed E-state index contributed by atoms with van der Waals surface area (Å²) in [6, 6.07) is 3.03. The molecule has 7 nitrogen and oxygen atoms in total. The lowest BCUT2D eigenvalue weighted by atomic mass is 9.97. The van der Waals surface area contributed by atoms with Gasteiger partial charge in [-0.05, 0) is 18.9 Å². The molecule has 1 aromatic rings. The lowest BCUT2D eigenvalue weighted by Crippen LogP contribution is -2.52. The Morgan fingerprint density at radius 1 is 1.36 bits per heavy atom. The van der Waals surface area contributed by atoms with Crippen molar-refractivity contribution in [3.05, 3.63) is 23.9 Å². The first-order valence-electron chi connectivity index (χ1n) is 7.21. The van der Waals surface area contributed by atoms with E-state index in [0.717, 1.165) is 12.8 Å². The maximum atomic E-state index is 12.3. The summed E-state index contributed by atoms with van der Waals surface area (Å²) >= 11 is 0. The number of rotatable bonds is 7. The fraction of sp³-hybridized carbons (Fsp3) is 0.533. The largest absolute Gasteiger partial charge is 0.480 e. The van der Waals surface area contributed by atoms with Crippen molar-refractivity contribution < 1.29 is 24.2 Å². The van der Waals surface area contributed by atoms with Gasteiger partial charge in [0.2, 0.25) is 5.88 Å². The number of aromatic nitrogens is 1. The molecule has 2 N–H and O–H groups in total. The molecular weight excluding hydrogens is 288 g/mol. The van der Waals surface area contributed by atoms with Crippen molar-refractivity contribution in [2.24, 2.45) is 0 Å². The molecule has 1 aromatic heterocycles. The van der Waals surface area contributed by atoms with E-state index in [4.69, 9.17) is 9.47 Å². The Labute approximate surface area is 128 Å². The minimum atomic E-state index is -1.16. The van der Waals surface area contributed by atoms with Crippen molar-refractivity contribution in [1.29, 1.82) is 0 Å². The highest BCUT2D eigenvalue weighted by atomic mass is 16.5. The van der Waals surface area contributed by atoms with Gasteiger partial charge in [-0.1, -0.05) is 12.8 Å². The van der Waals surface area contributed by atoms with Gasteiger partial charge in [0.1, 0.15) is 12.1 Å². The van der Waals surface area contributed by atoms with Crippen molar-refractivity contribution in [1.82, 2.24) is 10.3 Å². The number of hydrogen-bond acceptors (Lipinski definition) is 5. The Kier molecular flexibility index (Phi) is 5.32. The molecule has 0 atom stereocenters. The molecule has 1 aliphatic rings. The number of methoxy groups -OCH3 is 1. The number of carbonyl (C=O) groups is 2. The van der Waals surface area contributed by atoms with E-state index in [1.54, 1.807) is 7.11 Å². The third kappa shape index (κ3) is 3.73. The van der Waals surface area contributed by atoms with Gasteiger partial charge < -0.3 is 19.9 Å². The predicted octanol–water partition coefficient (Wildman–Crippen LogP) is 1.23. The molecule has 0 saturated heterocycles. The first-order valence-corrected chi connectivity index (χ1v) is 7.21. The standard InChI is InChI=1S/C15H20N2O5/c1-21-8-9-22-12-10-11(4-7-16-12)13(18)17-15(14(19)20)5-2-3-6-15/h4,7,10H,2-3,5-6,8-9H2,1H3,(H,17,18)(H,19,20). The number of nitrogens with one attached hydrogen (secondary N) is 1. The van der Waals surface area contributed by atoms with Crippen LogP contribution >= 0.6 is 0 Å². The maximum Gasteiger partial charge on any atom is 0.329 e. The predicted molar refractivity (Wildman–Crippen MR) is 77.9 cm³/mol. The topological polar surface area (TPSA) is 97.8 Å². The molecule has 0 spiro atoms. The number of carboxylic acids is 1. The third-order valence-electron chi connectivity index (χ3n) is 3.75. The molecule has 0 aromatic carbocycles. The Bertz CT molecular complexity index is 540. The zero-order chi connectivity index (χ0) is 16.0. The van der Waals surface area contributed by atoms with Crippen molar-refractivity contribution in [2.75, 3.05) is 20.3 Å². The van der Waals surface area contributed by atoms with Crippen molar-refractivity contribution >= 4 is 11.9 Å². The van der Waals surface area contributed by atoms with Crippen LogP contribution in [0.4, 0.5) is 0 Å². The Balaban J connectivity index is 2.05. The zero-order valence-electron chi connectivity index (χ0n) is 12.5. The lowest BCUT2D eigenvalue weighted by Gasteiger charge is -2.25. The molecule has 0 aliphatic heterocycles. The summed E-state index contributed by atoms with van der Waals surface area (Å²) in [4.78, 5) is 27.8. The molecule has 120 valence electrons. The molecule has 1 fully saturated rings. The molecule has 2 rings (SSSR count). The van der Waals surface area contributed by atoms with Crippen molar-refractivity contribution in [3.8, 4) is 5.88 Å². The van der Waals surface area contributed by atoms with Crippen LogP contribution in [0.1, 0.15) is 36.0 Å². The van der Waals surface area contributed by atoms with Crippen LogP contribution in [0.5, 0.6) is 5.88 Å². The van der Waals surface area contributed by atoms with E-state index in [1.807, 2.05) is 0 Å². The highest BCUT2D eigenvalue weighted by molar-refractivity contribution is 5.98. The van der Waals surface area contributed by atoms with Crippen LogP contribution in [-0.4, -0.2) is 47.8 Å². The van der Waals surface area contributed by atoms with Gasteiger partial charge in [0.15, 0.2) is 0 Å². The van der Waals surface area contributed by atoms with Crippen LogP contribution in [0.15, 0.2) is 18.3 Å². The minimum Gasteiger partial charge on any atom is -0.480 e. The number of pyridine rings is 1.